The predicted molar refractivity (Wildman–Crippen MR) is 100 cm³/mol. The van der Waals surface area contributed by atoms with Crippen LogP contribution in [0.5, 0.6) is 0 Å². The van der Waals surface area contributed by atoms with Gasteiger partial charge in [-0.2, -0.15) is 0 Å². The van der Waals surface area contributed by atoms with Gasteiger partial charge < -0.3 is 5.73 Å². The van der Waals surface area contributed by atoms with E-state index >= 15 is 0 Å². The van der Waals surface area contributed by atoms with E-state index in [1.165, 1.54) is 15.9 Å². The second-order valence-electron chi connectivity index (χ2n) is 5.20. The van der Waals surface area contributed by atoms with Crippen molar-refractivity contribution in [2.24, 2.45) is 0 Å². The van der Waals surface area contributed by atoms with Gasteiger partial charge in [-0.05, 0) is 36.4 Å². The first-order valence-corrected chi connectivity index (χ1v) is 9.43. The first-order valence-electron chi connectivity index (χ1n) is 7.73. The highest BCUT2D eigenvalue weighted by atomic mass is 31.2. The van der Waals surface area contributed by atoms with Gasteiger partial charge >= 0.3 is 0 Å². The van der Waals surface area contributed by atoms with Crippen LogP contribution in [0.4, 0.5) is 0 Å². The molecule has 3 rings (SSSR count). The summed E-state index contributed by atoms with van der Waals surface area (Å²) in [4.78, 5) is 0. The van der Waals surface area contributed by atoms with E-state index in [1.54, 1.807) is 0 Å². The van der Waals surface area contributed by atoms with Gasteiger partial charge in [-0.25, -0.2) is 4.52 Å². The van der Waals surface area contributed by atoms with Crippen LogP contribution in [0.3, 0.4) is 0 Å². The first kappa shape index (κ1) is 15.9. The average Bonchev–Trinajstić information content (AvgIpc) is 2.65. The van der Waals surface area contributed by atoms with E-state index in [9.17, 15) is 0 Å². The number of hydrogen-bond donors (Lipinski definition) is 0. The molecule has 0 spiro atoms. The second-order valence-corrected chi connectivity index (χ2v) is 8.23. The Morgan fingerprint density at radius 1 is 0.609 bits per heavy atom. The molecule has 0 aromatic heterocycles. The molecule has 3 heteroatoms. The third-order valence-electron chi connectivity index (χ3n) is 3.75. The molecule has 0 unspecified atom stereocenters. The minimum absolute atomic E-state index is 0.258. The van der Waals surface area contributed by atoms with Crippen LogP contribution in [0.15, 0.2) is 91.0 Å². The van der Waals surface area contributed by atoms with Gasteiger partial charge in [-0.1, -0.05) is 54.6 Å². The molecule has 1 N–H and O–H groups in total. The maximum atomic E-state index is 7.56. The molecule has 23 heavy (non-hydrogen) atoms. The van der Waals surface area contributed by atoms with Crippen molar-refractivity contribution in [3.05, 3.63) is 96.7 Å². The van der Waals surface area contributed by atoms with Gasteiger partial charge in [0.2, 0.25) is 7.49 Å². The predicted octanol–water partition coefficient (Wildman–Crippen LogP) is 3.96. The zero-order chi connectivity index (χ0) is 16.0. The lowest BCUT2D eigenvalue weighted by Crippen LogP contribution is -2.33. The highest BCUT2D eigenvalue weighted by Gasteiger charge is 2.47. The lowest BCUT2D eigenvalue weighted by atomic mass is 10.4. The standard InChI is InChI=1S/C20H20NOP/c21-16-17-22-23(18-10-4-1-5-11-18,19-12-6-2-7-13-19)20-14-8-3-9-15-20/h1-15,21H,16-17H2. The van der Waals surface area contributed by atoms with Gasteiger partial charge in [0.1, 0.15) is 15.9 Å². The summed E-state index contributed by atoms with van der Waals surface area (Å²) in [5.74, 6) is 0. The van der Waals surface area contributed by atoms with Crippen molar-refractivity contribution in [1.82, 2.24) is 0 Å². The number of nitrogens with one attached hydrogen (secondary N) is 1. The number of rotatable bonds is 6. The van der Waals surface area contributed by atoms with Crippen molar-refractivity contribution in [3.8, 4) is 0 Å². The highest BCUT2D eigenvalue weighted by molar-refractivity contribution is 7.91. The SMILES string of the molecule is [NH-]CCO[P+](c1ccccc1)(c1ccccc1)c1ccccc1. The van der Waals surface area contributed by atoms with Gasteiger partial charge in [0.25, 0.3) is 0 Å². The molecule has 0 aliphatic rings. The molecule has 0 heterocycles. The largest absolute Gasteiger partial charge is 0.675 e. The average molecular weight is 321 g/mol. The fraction of sp³-hybridized carbons (Fsp3) is 0.100. The topological polar surface area (TPSA) is 33.0 Å². The summed E-state index contributed by atoms with van der Waals surface area (Å²) in [6.07, 6.45) is 0. The van der Waals surface area contributed by atoms with Crippen LogP contribution >= 0.6 is 7.49 Å². The zero-order valence-corrected chi connectivity index (χ0v) is 13.8. The number of benzene rings is 3. The third-order valence-corrected chi connectivity index (χ3v) is 7.39. The summed E-state index contributed by atoms with van der Waals surface area (Å²) in [5, 5.41) is 3.56. The van der Waals surface area contributed by atoms with Crippen LogP contribution < -0.4 is 15.9 Å². The molecule has 3 aromatic carbocycles. The Morgan fingerprint density at radius 2 is 0.957 bits per heavy atom. The minimum Gasteiger partial charge on any atom is -0.675 e. The summed E-state index contributed by atoms with van der Waals surface area (Å²) in [5.41, 5.74) is 7.56. The Balaban J connectivity index is 2.25. The lowest BCUT2D eigenvalue weighted by molar-refractivity contribution is 0.377. The van der Waals surface area contributed by atoms with E-state index in [0.29, 0.717) is 6.61 Å². The summed E-state index contributed by atoms with van der Waals surface area (Å²) in [7, 11) is -2.19. The maximum absolute atomic E-state index is 7.56. The van der Waals surface area contributed by atoms with E-state index in [-0.39, 0.29) is 6.54 Å². The molecule has 116 valence electrons. The Bertz CT molecular complexity index is 620. The molecule has 0 aliphatic heterocycles. The van der Waals surface area contributed by atoms with Crippen LogP contribution in [-0.4, -0.2) is 13.2 Å². The summed E-state index contributed by atoms with van der Waals surface area (Å²) in [6, 6.07) is 31.2. The summed E-state index contributed by atoms with van der Waals surface area (Å²) < 4.78 is 6.46. The summed E-state index contributed by atoms with van der Waals surface area (Å²) >= 11 is 0. The van der Waals surface area contributed by atoms with Crippen LogP contribution in [0, 0.1) is 0 Å². The van der Waals surface area contributed by atoms with Gasteiger partial charge in [0, 0.05) is 0 Å². The van der Waals surface area contributed by atoms with Crippen molar-refractivity contribution >= 4 is 23.4 Å². The smallest absolute Gasteiger partial charge is 0.242 e. The Kier molecular flexibility index (Phi) is 5.19. The van der Waals surface area contributed by atoms with Crippen molar-refractivity contribution in [3.63, 3.8) is 0 Å². The van der Waals surface area contributed by atoms with E-state index in [0.717, 1.165) is 0 Å². The van der Waals surface area contributed by atoms with E-state index in [4.69, 9.17) is 10.3 Å². The molecule has 0 bridgehead atoms. The first-order chi connectivity index (χ1) is 11.4. The van der Waals surface area contributed by atoms with Gasteiger partial charge in [0.05, 0.1) is 6.61 Å². The molecule has 2 nitrogen and oxygen atoms in total. The fourth-order valence-corrected chi connectivity index (χ4v) is 6.25. The van der Waals surface area contributed by atoms with E-state index in [2.05, 4.69) is 72.8 Å². The van der Waals surface area contributed by atoms with Crippen LogP contribution in [-0.2, 0) is 4.52 Å². The highest BCUT2D eigenvalue weighted by Crippen LogP contribution is 2.56. The molecular formula is C20H20NOP. The molecule has 0 amide bonds. The Morgan fingerprint density at radius 3 is 1.26 bits per heavy atom. The van der Waals surface area contributed by atoms with Crippen LogP contribution in [0.25, 0.3) is 5.73 Å². The monoisotopic (exact) mass is 321 g/mol. The van der Waals surface area contributed by atoms with Gasteiger partial charge in [-0.3, -0.25) is 0 Å². The molecule has 3 aromatic rings. The molecule has 0 saturated carbocycles. The number of hydrogen-bond acceptors (Lipinski definition) is 1. The Labute approximate surface area is 138 Å². The van der Waals surface area contributed by atoms with Gasteiger partial charge in [0.15, 0.2) is 0 Å². The summed E-state index contributed by atoms with van der Waals surface area (Å²) in [6.45, 7) is 0.681. The van der Waals surface area contributed by atoms with Crippen molar-refractivity contribution < 1.29 is 4.52 Å². The quantitative estimate of drug-likeness (QED) is 0.633. The van der Waals surface area contributed by atoms with Crippen molar-refractivity contribution in [2.45, 2.75) is 0 Å². The minimum atomic E-state index is -2.19. The van der Waals surface area contributed by atoms with E-state index < -0.39 is 7.49 Å². The van der Waals surface area contributed by atoms with Crippen molar-refractivity contribution in [1.29, 1.82) is 0 Å². The normalized spacial score (nSPS) is 11.3. The fourth-order valence-electron chi connectivity index (χ4n) is 2.77. The third kappa shape index (κ3) is 3.20. The van der Waals surface area contributed by atoms with E-state index in [1.807, 2.05) is 18.2 Å². The molecule has 0 atom stereocenters. The maximum Gasteiger partial charge on any atom is 0.242 e. The van der Waals surface area contributed by atoms with Crippen molar-refractivity contribution in [2.75, 3.05) is 13.2 Å². The van der Waals surface area contributed by atoms with Gasteiger partial charge in [-0.15, -0.1) is 6.54 Å². The van der Waals surface area contributed by atoms with Crippen LogP contribution in [0.1, 0.15) is 0 Å². The van der Waals surface area contributed by atoms with Crippen LogP contribution in [0.2, 0.25) is 0 Å². The molecule has 0 radical (unpaired) electrons. The molecule has 0 fully saturated rings. The molecule has 0 aliphatic carbocycles. The molecular weight excluding hydrogens is 301 g/mol. The Hall–Kier alpha value is -1.99. The lowest BCUT2D eigenvalue weighted by Gasteiger charge is -2.26. The zero-order valence-electron chi connectivity index (χ0n) is 12.9. The molecule has 0 saturated heterocycles. The second kappa shape index (κ2) is 7.52.